The van der Waals surface area contributed by atoms with E-state index in [0.717, 1.165) is 11.1 Å². The second-order valence-corrected chi connectivity index (χ2v) is 5.18. The van der Waals surface area contributed by atoms with Gasteiger partial charge in [-0.1, -0.05) is 18.2 Å². The average Bonchev–Trinajstić information content (AvgIpc) is 2.59. The van der Waals surface area contributed by atoms with Crippen LogP contribution < -0.4 is 10.1 Å². The molecule has 0 aliphatic heterocycles. The topological polar surface area (TPSA) is 60.5 Å². The lowest BCUT2D eigenvalue weighted by Crippen LogP contribution is -2.29. The first-order chi connectivity index (χ1) is 11.9. The zero-order chi connectivity index (χ0) is 18.1. The van der Waals surface area contributed by atoms with Crippen LogP contribution in [0.25, 0.3) is 0 Å². The second-order valence-electron chi connectivity index (χ2n) is 5.18. The zero-order valence-corrected chi connectivity index (χ0v) is 13.3. The number of hydrogen-bond donors (Lipinski definition) is 1. The van der Waals surface area contributed by atoms with Crippen LogP contribution >= 0.6 is 0 Å². The van der Waals surface area contributed by atoms with Crippen molar-refractivity contribution in [2.24, 2.45) is 0 Å². The lowest BCUT2D eigenvalue weighted by Gasteiger charge is -2.09. The number of carbonyl (C=O) groups excluding carboxylic acids is 1. The molecule has 0 saturated heterocycles. The number of alkyl halides is 3. The quantitative estimate of drug-likeness (QED) is 0.792. The second kappa shape index (κ2) is 9.03. The molecule has 0 bridgehead atoms. The van der Waals surface area contributed by atoms with E-state index in [0.29, 0.717) is 12.4 Å². The fraction of sp³-hybridized carbons (Fsp3) is 0.294. The molecule has 0 spiro atoms. The van der Waals surface area contributed by atoms with Crippen LogP contribution in [0.4, 0.5) is 13.2 Å². The van der Waals surface area contributed by atoms with E-state index in [1.165, 1.54) is 0 Å². The van der Waals surface area contributed by atoms with Gasteiger partial charge in [-0.05, 0) is 23.8 Å². The van der Waals surface area contributed by atoms with Gasteiger partial charge in [-0.2, -0.15) is 13.2 Å². The summed E-state index contributed by atoms with van der Waals surface area (Å²) in [7, 11) is 0. The maximum atomic E-state index is 11.9. The Morgan fingerprint density at radius 1 is 1.12 bits per heavy atom. The van der Waals surface area contributed by atoms with Gasteiger partial charge in [0.2, 0.25) is 5.91 Å². The first kappa shape index (κ1) is 18.7. The molecular formula is C17H17F3N2O3. The Bertz CT molecular complexity index is 661. The highest BCUT2D eigenvalue weighted by atomic mass is 19.4. The van der Waals surface area contributed by atoms with E-state index in [2.05, 4.69) is 15.0 Å². The lowest BCUT2D eigenvalue weighted by molar-refractivity contribution is -0.175. The zero-order valence-electron chi connectivity index (χ0n) is 13.3. The highest BCUT2D eigenvalue weighted by Gasteiger charge is 2.27. The van der Waals surface area contributed by atoms with Crippen LogP contribution in [0.15, 0.2) is 48.8 Å². The van der Waals surface area contributed by atoms with Crippen molar-refractivity contribution in [2.75, 3.05) is 13.2 Å². The fourth-order valence-corrected chi connectivity index (χ4v) is 1.86. The molecule has 1 aromatic carbocycles. The third-order valence-electron chi connectivity index (χ3n) is 3.04. The Morgan fingerprint density at radius 3 is 2.52 bits per heavy atom. The van der Waals surface area contributed by atoms with Crippen molar-refractivity contribution in [1.82, 2.24) is 10.3 Å². The summed E-state index contributed by atoms with van der Waals surface area (Å²) in [6.45, 7) is -1.49. The molecule has 0 unspecified atom stereocenters. The smallest absolute Gasteiger partial charge is 0.411 e. The summed E-state index contributed by atoms with van der Waals surface area (Å²) in [5.41, 5.74) is 1.73. The molecule has 1 heterocycles. The van der Waals surface area contributed by atoms with Gasteiger partial charge in [-0.15, -0.1) is 0 Å². The third kappa shape index (κ3) is 7.67. The standard InChI is InChI=1S/C17H17F3N2O3/c18-17(19,20)12-24-11-16(23)22-9-13-3-5-15(6-4-13)25-10-14-2-1-7-21-8-14/h1-8H,9-12H2,(H,22,23). The van der Waals surface area contributed by atoms with E-state index in [9.17, 15) is 18.0 Å². The number of rotatable bonds is 8. The molecule has 1 N–H and O–H groups in total. The Hall–Kier alpha value is -2.61. The number of halogens is 3. The number of benzene rings is 1. The molecule has 5 nitrogen and oxygen atoms in total. The maximum absolute atomic E-state index is 11.9. The van der Waals surface area contributed by atoms with Crippen molar-refractivity contribution < 1.29 is 27.4 Å². The van der Waals surface area contributed by atoms with Crippen molar-refractivity contribution >= 4 is 5.91 Å². The minimum Gasteiger partial charge on any atom is -0.489 e. The van der Waals surface area contributed by atoms with Crippen LogP contribution in [0.3, 0.4) is 0 Å². The van der Waals surface area contributed by atoms with E-state index in [-0.39, 0.29) is 6.54 Å². The highest BCUT2D eigenvalue weighted by Crippen LogP contribution is 2.15. The summed E-state index contributed by atoms with van der Waals surface area (Å²) >= 11 is 0. The van der Waals surface area contributed by atoms with Gasteiger partial charge in [0.05, 0.1) is 0 Å². The van der Waals surface area contributed by atoms with Crippen molar-refractivity contribution in [2.45, 2.75) is 19.3 Å². The normalized spacial score (nSPS) is 11.2. The summed E-state index contributed by atoms with van der Waals surface area (Å²) in [5, 5.41) is 2.48. The molecular weight excluding hydrogens is 337 g/mol. The van der Waals surface area contributed by atoms with Crippen molar-refractivity contribution in [1.29, 1.82) is 0 Å². The summed E-state index contributed by atoms with van der Waals surface area (Å²) in [6, 6.07) is 10.7. The number of nitrogens with one attached hydrogen (secondary N) is 1. The van der Waals surface area contributed by atoms with Crippen LogP contribution in [0.5, 0.6) is 5.75 Å². The van der Waals surface area contributed by atoms with E-state index >= 15 is 0 Å². The van der Waals surface area contributed by atoms with Crippen LogP contribution in [-0.2, 0) is 22.7 Å². The monoisotopic (exact) mass is 354 g/mol. The van der Waals surface area contributed by atoms with Crippen molar-refractivity contribution in [3.05, 3.63) is 59.9 Å². The van der Waals surface area contributed by atoms with Gasteiger partial charge in [0.1, 0.15) is 25.6 Å². The Labute approximate surface area is 142 Å². The van der Waals surface area contributed by atoms with E-state index < -0.39 is 25.3 Å². The summed E-state index contributed by atoms with van der Waals surface area (Å²) < 4.78 is 45.6. The molecule has 0 aliphatic carbocycles. The van der Waals surface area contributed by atoms with Gasteiger partial charge in [0.25, 0.3) is 0 Å². The lowest BCUT2D eigenvalue weighted by atomic mass is 10.2. The number of amides is 1. The number of ether oxygens (including phenoxy) is 2. The molecule has 2 aromatic rings. The minimum absolute atomic E-state index is 0.192. The van der Waals surface area contributed by atoms with Crippen molar-refractivity contribution in [3.8, 4) is 5.75 Å². The van der Waals surface area contributed by atoms with E-state index in [1.54, 1.807) is 36.7 Å². The van der Waals surface area contributed by atoms with E-state index in [4.69, 9.17) is 4.74 Å². The number of pyridine rings is 1. The SMILES string of the molecule is O=C(COCC(F)(F)F)NCc1ccc(OCc2cccnc2)cc1. The predicted octanol–water partition coefficient (Wildman–Crippen LogP) is 2.86. The number of carbonyl (C=O) groups is 1. The molecule has 2 rings (SSSR count). The molecule has 0 atom stereocenters. The van der Waals surface area contributed by atoms with Gasteiger partial charge in [-0.25, -0.2) is 0 Å². The Morgan fingerprint density at radius 2 is 1.88 bits per heavy atom. The van der Waals surface area contributed by atoms with Crippen molar-refractivity contribution in [3.63, 3.8) is 0 Å². The fourth-order valence-electron chi connectivity index (χ4n) is 1.86. The minimum atomic E-state index is -4.44. The van der Waals surface area contributed by atoms with Gasteiger partial charge in [0.15, 0.2) is 0 Å². The molecule has 0 saturated carbocycles. The van der Waals surface area contributed by atoms with Crippen LogP contribution in [0.2, 0.25) is 0 Å². The molecule has 0 fully saturated rings. The highest BCUT2D eigenvalue weighted by molar-refractivity contribution is 5.77. The molecule has 1 aromatic heterocycles. The first-order valence-electron chi connectivity index (χ1n) is 7.44. The molecule has 134 valence electrons. The van der Waals surface area contributed by atoms with E-state index in [1.807, 2.05) is 12.1 Å². The summed E-state index contributed by atoms with van der Waals surface area (Å²) in [5.74, 6) is 0.0496. The number of aromatic nitrogens is 1. The van der Waals surface area contributed by atoms with Gasteiger partial charge in [0, 0.05) is 24.5 Å². The average molecular weight is 354 g/mol. The van der Waals surface area contributed by atoms with Gasteiger partial charge < -0.3 is 14.8 Å². The number of nitrogens with zero attached hydrogens (tertiary/aromatic N) is 1. The van der Waals surface area contributed by atoms with Gasteiger partial charge >= 0.3 is 6.18 Å². The van der Waals surface area contributed by atoms with Crippen LogP contribution in [-0.4, -0.2) is 30.3 Å². The Balaban J connectivity index is 1.70. The largest absolute Gasteiger partial charge is 0.489 e. The van der Waals surface area contributed by atoms with Gasteiger partial charge in [-0.3, -0.25) is 9.78 Å². The molecule has 25 heavy (non-hydrogen) atoms. The summed E-state index contributed by atoms with van der Waals surface area (Å²) in [6.07, 6.45) is -1.04. The molecule has 1 amide bonds. The number of hydrogen-bond acceptors (Lipinski definition) is 4. The first-order valence-corrected chi connectivity index (χ1v) is 7.44. The maximum Gasteiger partial charge on any atom is 0.411 e. The Kier molecular flexibility index (Phi) is 6.76. The summed E-state index contributed by atoms with van der Waals surface area (Å²) in [4.78, 5) is 15.4. The third-order valence-corrected chi connectivity index (χ3v) is 3.04. The molecule has 0 aliphatic rings. The van der Waals surface area contributed by atoms with Crippen LogP contribution in [0.1, 0.15) is 11.1 Å². The molecule has 8 heteroatoms. The molecule has 0 radical (unpaired) electrons. The predicted molar refractivity (Wildman–Crippen MR) is 83.7 cm³/mol. The van der Waals surface area contributed by atoms with Crippen LogP contribution in [0, 0.1) is 0 Å².